The summed E-state index contributed by atoms with van der Waals surface area (Å²) in [6.07, 6.45) is -0.824. The summed E-state index contributed by atoms with van der Waals surface area (Å²) in [5.74, 6) is -1.86. The van der Waals surface area contributed by atoms with Crippen LogP contribution in [0.1, 0.15) is 60.3 Å². The fourth-order valence-corrected chi connectivity index (χ4v) is 12.5. The van der Waals surface area contributed by atoms with Crippen molar-refractivity contribution in [1.82, 2.24) is 0 Å². The largest absolute Gasteiger partial charge is 0.462 e. The monoisotopic (exact) mass is 530 g/mol. The zero-order valence-corrected chi connectivity index (χ0v) is 23.5. The van der Waals surface area contributed by atoms with Crippen LogP contribution in [0.5, 0.6) is 0 Å². The second-order valence-corrected chi connectivity index (χ2v) is 14.9. The average Bonchev–Trinajstić information content (AvgIpc) is 3.23. The molecule has 210 valence electrons. The first-order chi connectivity index (χ1) is 17.7. The number of hydrogen-bond donors (Lipinski definition) is 3. The van der Waals surface area contributed by atoms with Crippen LogP contribution in [-0.4, -0.2) is 81.5 Å². The van der Waals surface area contributed by atoms with Gasteiger partial charge in [0.25, 0.3) is 0 Å². The van der Waals surface area contributed by atoms with E-state index in [9.17, 15) is 24.9 Å². The topological polar surface area (TPSA) is 113 Å². The van der Waals surface area contributed by atoms with Crippen LogP contribution in [0.4, 0.5) is 0 Å². The van der Waals surface area contributed by atoms with E-state index in [1.807, 2.05) is 27.7 Å². The molecule has 0 aromatic heterocycles. The summed E-state index contributed by atoms with van der Waals surface area (Å²) in [7, 11) is 2.08. The third-order valence-corrected chi connectivity index (χ3v) is 13.2. The van der Waals surface area contributed by atoms with E-state index in [2.05, 4.69) is 20.6 Å². The number of ether oxygens (including phenoxy) is 2. The molecule has 6 saturated carbocycles. The Labute approximate surface area is 224 Å². The van der Waals surface area contributed by atoms with E-state index in [1.54, 1.807) is 0 Å². The number of likely N-dealkylation sites (N-methyl/N-ethyl adjacent to an activating group) is 1. The lowest BCUT2D eigenvalue weighted by molar-refractivity contribution is -0.996. The third-order valence-electron chi connectivity index (χ3n) is 13.2. The Kier molecular flexibility index (Phi) is 4.85. The number of aliphatic hydroxyl groups excluding tert-OH is 3. The fourth-order valence-electron chi connectivity index (χ4n) is 12.5. The van der Waals surface area contributed by atoms with Gasteiger partial charge in [0.1, 0.15) is 30.4 Å². The molecule has 3 heterocycles. The second kappa shape index (κ2) is 7.23. The molecule has 8 heteroatoms. The first-order valence-corrected chi connectivity index (χ1v) is 14.7. The normalized spacial score (nSPS) is 59.0. The van der Waals surface area contributed by atoms with Gasteiger partial charge in [0.2, 0.25) is 0 Å². The zero-order valence-electron chi connectivity index (χ0n) is 23.5. The Bertz CT molecular complexity index is 1140. The quantitative estimate of drug-likeness (QED) is 0.283. The molecule has 9 fully saturated rings. The van der Waals surface area contributed by atoms with Gasteiger partial charge in [-0.15, -0.1) is 0 Å². The van der Waals surface area contributed by atoms with Crippen molar-refractivity contribution in [1.29, 1.82) is 0 Å². The van der Waals surface area contributed by atoms with Gasteiger partial charge in [-0.05, 0) is 25.7 Å². The van der Waals surface area contributed by atoms with E-state index in [0.717, 1.165) is 5.57 Å². The van der Waals surface area contributed by atoms with Crippen molar-refractivity contribution < 1.29 is 38.9 Å². The minimum absolute atomic E-state index is 0.0159. The SMILES string of the molecule is C=C1C[C@]23[C@@H]4[C@H](OC(=O)[C@H](C)CC)[C@H]1[C@@H](O)[C@H]2[C@]12C[C@@H](OC(=O)C(C)C)C[C@]5(C)[C@H]1[C@H]([C@@H]3O)[N+](C)([C@@H]5O)[C@H]42. The number of rotatable bonds is 5. The number of esters is 2. The van der Waals surface area contributed by atoms with Gasteiger partial charge in [0.05, 0.1) is 36.3 Å². The highest BCUT2D eigenvalue weighted by atomic mass is 16.6. The van der Waals surface area contributed by atoms with E-state index in [0.29, 0.717) is 30.2 Å². The summed E-state index contributed by atoms with van der Waals surface area (Å²) in [6, 6.07) is -0.271. The van der Waals surface area contributed by atoms with Crippen LogP contribution in [0.3, 0.4) is 0 Å². The second-order valence-electron chi connectivity index (χ2n) is 14.9. The summed E-state index contributed by atoms with van der Waals surface area (Å²) in [4.78, 5) is 26.0. The average molecular weight is 531 g/mol. The molecule has 38 heavy (non-hydrogen) atoms. The number of carbonyl (C=O) groups excluding carboxylic acids is 2. The molecular weight excluding hydrogens is 486 g/mol. The molecule has 0 amide bonds. The van der Waals surface area contributed by atoms with Crippen LogP contribution in [0.25, 0.3) is 0 Å². The minimum Gasteiger partial charge on any atom is -0.462 e. The summed E-state index contributed by atoms with van der Waals surface area (Å²) in [5, 5.41) is 36.6. The van der Waals surface area contributed by atoms with Crippen molar-refractivity contribution in [3.63, 3.8) is 0 Å². The predicted octanol–water partition coefficient (Wildman–Crippen LogP) is 2.00. The predicted molar refractivity (Wildman–Crippen MR) is 136 cm³/mol. The molecule has 0 radical (unpaired) electrons. The molecule has 9 rings (SSSR count). The molecule has 9 bridgehead atoms. The van der Waals surface area contributed by atoms with Crippen LogP contribution in [0.15, 0.2) is 12.2 Å². The maximum atomic E-state index is 13.2. The summed E-state index contributed by atoms with van der Waals surface area (Å²) < 4.78 is 12.7. The molecule has 0 aromatic rings. The molecule has 8 nitrogen and oxygen atoms in total. The lowest BCUT2D eigenvalue weighted by Gasteiger charge is -2.66. The highest BCUT2D eigenvalue weighted by Gasteiger charge is 3.00. The Hall–Kier alpha value is -1.48. The van der Waals surface area contributed by atoms with Gasteiger partial charge in [-0.25, -0.2) is 0 Å². The summed E-state index contributed by atoms with van der Waals surface area (Å²) in [5.41, 5.74) is -0.789. The van der Waals surface area contributed by atoms with Crippen LogP contribution < -0.4 is 0 Å². The lowest BCUT2D eigenvalue weighted by atomic mass is 9.38. The van der Waals surface area contributed by atoms with Gasteiger partial charge in [0, 0.05) is 28.6 Å². The van der Waals surface area contributed by atoms with E-state index in [-0.39, 0.29) is 59.7 Å². The maximum absolute atomic E-state index is 13.2. The number of carbonyl (C=O) groups is 2. The van der Waals surface area contributed by atoms with Crippen molar-refractivity contribution >= 4 is 11.9 Å². The molecule has 9 aliphatic rings. The molecule has 1 unspecified atom stereocenters. The maximum Gasteiger partial charge on any atom is 0.308 e. The number of nitrogens with zero attached hydrogens (tertiary/aromatic N) is 1. The van der Waals surface area contributed by atoms with Gasteiger partial charge in [-0.3, -0.25) is 14.1 Å². The Morgan fingerprint density at radius 3 is 2.39 bits per heavy atom. The third kappa shape index (κ3) is 2.31. The number of piperidine rings is 2. The molecule has 3 saturated heterocycles. The first-order valence-electron chi connectivity index (χ1n) is 14.7. The minimum atomic E-state index is -0.809. The molecule has 16 atom stereocenters. The van der Waals surface area contributed by atoms with Gasteiger partial charge in [-0.2, -0.15) is 0 Å². The number of quaternary nitrogens is 1. The Balaban J connectivity index is 1.42. The van der Waals surface area contributed by atoms with Crippen molar-refractivity contribution in [2.24, 2.45) is 51.8 Å². The fraction of sp³-hybridized carbons (Fsp3) is 0.867. The van der Waals surface area contributed by atoms with E-state index >= 15 is 0 Å². The van der Waals surface area contributed by atoms with Crippen LogP contribution in [-0.2, 0) is 19.1 Å². The van der Waals surface area contributed by atoms with Crippen molar-refractivity contribution in [2.75, 3.05) is 7.05 Å². The number of fused-ring (bicyclic) bond motifs is 1. The van der Waals surface area contributed by atoms with Crippen LogP contribution in [0.2, 0.25) is 0 Å². The highest BCUT2D eigenvalue weighted by Crippen LogP contribution is 2.89. The molecular formula is C30H44NO7+. The van der Waals surface area contributed by atoms with E-state index < -0.39 is 46.7 Å². The number of hydrogen-bond acceptors (Lipinski definition) is 7. The molecule has 3 N–H and O–H groups in total. The van der Waals surface area contributed by atoms with Crippen LogP contribution in [0, 0.1) is 51.8 Å². The lowest BCUT2D eigenvalue weighted by Crippen LogP contribution is -2.77. The van der Waals surface area contributed by atoms with E-state index in [4.69, 9.17) is 9.47 Å². The summed E-state index contributed by atoms with van der Waals surface area (Å²) >= 11 is 0. The van der Waals surface area contributed by atoms with Crippen molar-refractivity contribution in [3.05, 3.63) is 12.2 Å². The van der Waals surface area contributed by atoms with Crippen LogP contribution >= 0.6 is 0 Å². The van der Waals surface area contributed by atoms with Gasteiger partial charge < -0.3 is 24.8 Å². The van der Waals surface area contributed by atoms with Gasteiger partial charge >= 0.3 is 11.9 Å². The van der Waals surface area contributed by atoms with Gasteiger partial charge in [0.15, 0.2) is 6.23 Å². The summed E-state index contributed by atoms with van der Waals surface area (Å²) in [6.45, 7) is 13.9. The Morgan fingerprint density at radius 1 is 1.08 bits per heavy atom. The van der Waals surface area contributed by atoms with Gasteiger partial charge in [-0.1, -0.05) is 46.8 Å². The Morgan fingerprint density at radius 2 is 1.76 bits per heavy atom. The molecule has 2 spiro atoms. The molecule has 3 aliphatic heterocycles. The highest BCUT2D eigenvalue weighted by molar-refractivity contribution is 5.72. The number of aliphatic hydroxyl groups is 3. The molecule has 0 aromatic carbocycles. The molecule has 6 aliphatic carbocycles. The first kappa shape index (κ1) is 25.5. The smallest absolute Gasteiger partial charge is 0.308 e. The van der Waals surface area contributed by atoms with Crippen molar-refractivity contribution in [2.45, 2.75) is 103 Å². The van der Waals surface area contributed by atoms with E-state index in [1.165, 1.54) is 0 Å². The standard InChI is InChI=1S/C30H44NO7/c1-8-13(4)26(35)38-20-16-14(5)9-29-17(20)23-30(22(29)19(16)32)11-15(37-25(34)12(2)3)10-28(6)21(30)18(24(29)33)31(23,7)27(28)36/h12-13,15-24,27,32-33,36H,5,8-11H2,1-4,6-7H3/q+1/t13-,15+,16-,17-,18-,19-,20-,21-,22-,23-,24+,27-,28-,29+,30+,31?/m1/s1. The van der Waals surface area contributed by atoms with Crippen molar-refractivity contribution in [3.8, 4) is 0 Å². The zero-order chi connectivity index (χ0) is 27.5.